The summed E-state index contributed by atoms with van der Waals surface area (Å²) in [5.74, 6) is 1.77. The van der Waals surface area contributed by atoms with Crippen molar-refractivity contribution in [3.63, 3.8) is 0 Å². The van der Waals surface area contributed by atoms with Gasteiger partial charge in [0.05, 0.1) is 5.60 Å². The molecule has 0 aromatic heterocycles. The molecule has 20 heavy (non-hydrogen) atoms. The van der Waals surface area contributed by atoms with Crippen molar-refractivity contribution >= 4 is 11.8 Å². The molecule has 0 amide bonds. The SMILES string of the molecule is OC1(CNCC2CSc3ccccc32)CCCCCC1. The molecule has 1 aromatic rings. The molecule has 1 aromatic carbocycles. The van der Waals surface area contributed by atoms with Crippen LogP contribution in [-0.2, 0) is 0 Å². The van der Waals surface area contributed by atoms with E-state index in [-0.39, 0.29) is 0 Å². The summed E-state index contributed by atoms with van der Waals surface area (Å²) in [4.78, 5) is 1.44. The van der Waals surface area contributed by atoms with Gasteiger partial charge in [-0.2, -0.15) is 0 Å². The second kappa shape index (κ2) is 6.50. The molecule has 1 fully saturated rings. The first-order valence-electron chi connectivity index (χ1n) is 7.92. The van der Waals surface area contributed by atoms with Gasteiger partial charge in [-0.25, -0.2) is 0 Å². The number of hydrogen-bond donors (Lipinski definition) is 2. The van der Waals surface area contributed by atoms with Gasteiger partial charge in [0, 0.05) is 29.7 Å². The number of thioether (sulfide) groups is 1. The van der Waals surface area contributed by atoms with E-state index in [4.69, 9.17) is 0 Å². The third-order valence-electron chi connectivity index (χ3n) is 4.68. The minimum absolute atomic E-state index is 0.457. The van der Waals surface area contributed by atoms with Crippen molar-refractivity contribution in [2.75, 3.05) is 18.8 Å². The molecule has 2 N–H and O–H groups in total. The first kappa shape index (κ1) is 14.4. The maximum absolute atomic E-state index is 10.7. The normalized spacial score (nSPS) is 25.1. The van der Waals surface area contributed by atoms with Gasteiger partial charge in [-0.3, -0.25) is 0 Å². The maximum atomic E-state index is 10.7. The van der Waals surface area contributed by atoms with E-state index < -0.39 is 5.60 Å². The van der Waals surface area contributed by atoms with Gasteiger partial charge in [-0.15, -0.1) is 11.8 Å². The van der Waals surface area contributed by atoms with Crippen molar-refractivity contribution in [3.8, 4) is 0 Å². The topological polar surface area (TPSA) is 32.3 Å². The molecule has 2 aliphatic rings. The predicted octanol–water partition coefficient (Wildman–Crippen LogP) is 3.55. The highest BCUT2D eigenvalue weighted by molar-refractivity contribution is 7.99. The van der Waals surface area contributed by atoms with Crippen LogP contribution in [0.25, 0.3) is 0 Å². The third-order valence-corrected chi connectivity index (χ3v) is 5.93. The van der Waals surface area contributed by atoms with Crippen molar-refractivity contribution in [3.05, 3.63) is 29.8 Å². The molecule has 0 spiro atoms. The van der Waals surface area contributed by atoms with E-state index in [1.807, 2.05) is 11.8 Å². The lowest BCUT2D eigenvalue weighted by Gasteiger charge is -2.27. The van der Waals surface area contributed by atoms with E-state index in [0.717, 1.165) is 25.9 Å². The van der Waals surface area contributed by atoms with Crippen molar-refractivity contribution in [2.24, 2.45) is 0 Å². The summed E-state index contributed by atoms with van der Waals surface area (Å²) in [6, 6.07) is 8.73. The van der Waals surface area contributed by atoms with Gasteiger partial charge in [-0.1, -0.05) is 43.9 Å². The molecule has 1 aliphatic heterocycles. The minimum Gasteiger partial charge on any atom is -0.389 e. The molecule has 0 radical (unpaired) electrons. The summed E-state index contributed by atoms with van der Waals surface area (Å²) in [5, 5.41) is 14.2. The number of fused-ring (bicyclic) bond motifs is 1. The van der Waals surface area contributed by atoms with Crippen LogP contribution in [0.3, 0.4) is 0 Å². The Hall–Kier alpha value is -0.510. The first-order chi connectivity index (χ1) is 9.77. The van der Waals surface area contributed by atoms with Crippen molar-refractivity contribution in [2.45, 2.75) is 54.9 Å². The number of benzene rings is 1. The summed E-state index contributed by atoms with van der Waals surface area (Å²) < 4.78 is 0. The molecule has 0 bridgehead atoms. The van der Waals surface area contributed by atoms with E-state index in [1.54, 1.807) is 0 Å². The van der Waals surface area contributed by atoms with Crippen LogP contribution in [0.1, 0.15) is 50.0 Å². The Balaban J connectivity index is 1.51. The highest BCUT2D eigenvalue weighted by Crippen LogP contribution is 2.38. The Morgan fingerprint density at radius 1 is 1.15 bits per heavy atom. The second-order valence-electron chi connectivity index (χ2n) is 6.32. The van der Waals surface area contributed by atoms with Crippen LogP contribution in [0.4, 0.5) is 0 Å². The quantitative estimate of drug-likeness (QED) is 0.832. The molecule has 3 heteroatoms. The summed E-state index contributed by atoms with van der Waals surface area (Å²) in [6.07, 6.45) is 6.87. The molecule has 110 valence electrons. The lowest BCUT2D eigenvalue weighted by Crippen LogP contribution is -2.41. The van der Waals surface area contributed by atoms with Crippen LogP contribution in [0, 0.1) is 0 Å². The molecule has 1 aliphatic carbocycles. The lowest BCUT2D eigenvalue weighted by atomic mass is 9.94. The molecule has 1 unspecified atom stereocenters. The summed E-state index contributed by atoms with van der Waals surface area (Å²) in [5.41, 5.74) is 1.03. The molecule has 2 nitrogen and oxygen atoms in total. The fourth-order valence-corrected chi connectivity index (χ4v) is 4.70. The fourth-order valence-electron chi connectivity index (χ4n) is 3.44. The smallest absolute Gasteiger partial charge is 0.0771 e. The Morgan fingerprint density at radius 3 is 2.70 bits per heavy atom. The van der Waals surface area contributed by atoms with Gasteiger partial charge in [0.15, 0.2) is 0 Å². The molecule has 0 saturated heterocycles. The Kier molecular flexibility index (Phi) is 4.69. The molecule has 3 rings (SSSR count). The summed E-state index contributed by atoms with van der Waals surface area (Å²) >= 11 is 1.96. The number of nitrogens with one attached hydrogen (secondary N) is 1. The minimum atomic E-state index is -0.457. The van der Waals surface area contributed by atoms with Crippen LogP contribution in [0.15, 0.2) is 29.2 Å². The molecule has 1 saturated carbocycles. The Morgan fingerprint density at radius 2 is 1.90 bits per heavy atom. The van der Waals surface area contributed by atoms with Gasteiger partial charge in [0.2, 0.25) is 0 Å². The number of aliphatic hydroxyl groups is 1. The second-order valence-corrected chi connectivity index (χ2v) is 7.38. The van der Waals surface area contributed by atoms with Crippen LogP contribution >= 0.6 is 11.8 Å². The van der Waals surface area contributed by atoms with Crippen LogP contribution in [0.5, 0.6) is 0 Å². The van der Waals surface area contributed by atoms with Gasteiger partial charge in [0.25, 0.3) is 0 Å². The zero-order valence-corrected chi connectivity index (χ0v) is 12.9. The van der Waals surface area contributed by atoms with Crippen molar-refractivity contribution < 1.29 is 5.11 Å². The highest BCUT2D eigenvalue weighted by Gasteiger charge is 2.28. The molecule has 1 atom stereocenters. The standard InChI is InChI=1S/C17H25NOS/c19-17(9-5-1-2-6-10-17)13-18-11-14-12-20-16-8-4-3-7-15(14)16/h3-4,7-8,14,18-19H,1-2,5-6,9-13H2. The summed E-state index contributed by atoms with van der Waals surface area (Å²) in [6.45, 7) is 1.75. The maximum Gasteiger partial charge on any atom is 0.0771 e. The Labute approximate surface area is 126 Å². The van der Waals surface area contributed by atoms with Crippen molar-refractivity contribution in [1.82, 2.24) is 5.32 Å². The Bertz CT molecular complexity index is 440. The van der Waals surface area contributed by atoms with E-state index in [0.29, 0.717) is 5.92 Å². The number of hydrogen-bond acceptors (Lipinski definition) is 3. The lowest BCUT2D eigenvalue weighted by molar-refractivity contribution is 0.0253. The largest absolute Gasteiger partial charge is 0.389 e. The van der Waals surface area contributed by atoms with E-state index in [9.17, 15) is 5.11 Å². The zero-order chi connectivity index (χ0) is 13.8. The molecular formula is C17H25NOS. The zero-order valence-electron chi connectivity index (χ0n) is 12.1. The van der Waals surface area contributed by atoms with Gasteiger partial charge in [0.1, 0.15) is 0 Å². The fraction of sp³-hybridized carbons (Fsp3) is 0.647. The molecule has 1 heterocycles. The van der Waals surface area contributed by atoms with Gasteiger partial charge in [-0.05, 0) is 24.5 Å². The number of rotatable bonds is 4. The highest BCUT2D eigenvalue weighted by atomic mass is 32.2. The predicted molar refractivity (Wildman–Crippen MR) is 85.4 cm³/mol. The van der Waals surface area contributed by atoms with Gasteiger partial charge < -0.3 is 10.4 Å². The van der Waals surface area contributed by atoms with Crippen LogP contribution < -0.4 is 5.32 Å². The van der Waals surface area contributed by atoms with Crippen LogP contribution in [0.2, 0.25) is 0 Å². The average molecular weight is 291 g/mol. The monoisotopic (exact) mass is 291 g/mol. The van der Waals surface area contributed by atoms with E-state index in [2.05, 4.69) is 29.6 Å². The van der Waals surface area contributed by atoms with Crippen molar-refractivity contribution in [1.29, 1.82) is 0 Å². The average Bonchev–Trinajstić information content (AvgIpc) is 2.74. The van der Waals surface area contributed by atoms with Gasteiger partial charge >= 0.3 is 0 Å². The third kappa shape index (κ3) is 3.38. The molecular weight excluding hydrogens is 266 g/mol. The first-order valence-corrected chi connectivity index (χ1v) is 8.90. The summed E-state index contributed by atoms with van der Waals surface area (Å²) in [7, 11) is 0. The van der Waals surface area contributed by atoms with E-state index >= 15 is 0 Å². The van der Waals surface area contributed by atoms with Crippen LogP contribution in [-0.4, -0.2) is 29.5 Å². The van der Waals surface area contributed by atoms with E-state index in [1.165, 1.54) is 41.9 Å².